The minimum Gasteiger partial charge on any atom is -0.384 e. The topological polar surface area (TPSA) is 15.3 Å². The molecule has 0 bridgehead atoms. The fourth-order valence-corrected chi connectivity index (χ4v) is 2.07. The summed E-state index contributed by atoms with van der Waals surface area (Å²) >= 11 is 5.86. The number of nitrogens with one attached hydrogen (secondary N) is 1. The van der Waals surface area contributed by atoms with E-state index in [0.29, 0.717) is 0 Å². The van der Waals surface area contributed by atoms with Crippen molar-refractivity contribution >= 4 is 17.3 Å². The maximum Gasteiger partial charge on any atom is 0.123 e. The average Bonchev–Trinajstić information content (AvgIpc) is 2.44. The molecular formula is C16H18ClFN2. The Morgan fingerprint density at radius 2 is 1.70 bits per heavy atom. The molecule has 0 aromatic heterocycles. The Balaban J connectivity index is 1.73. The number of hydrogen-bond acceptors (Lipinski definition) is 2. The molecule has 0 aliphatic carbocycles. The third-order valence-corrected chi connectivity index (χ3v) is 3.28. The van der Waals surface area contributed by atoms with E-state index in [0.717, 1.165) is 30.3 Å². The molecule has 2 aromatic carbocycles. The highest BCUT2D eigenvalue weighted by Crippen LogP contribution is 2.11. The van der Waals surface area contributed by atoms with Gasteiger partial charge in [-0.15, -0.1) is 0 Å². The molecule has 0 heterocycles. The Hall–Kier alpha value is -1.58. The Morgan fingerprint density at radius 1 is 1.05 bits per heavy atom. The van der Waals surface area contributed by atoms with Gasteiger partial charge in [-0.05, 0) is 49.0 Å². The lowest BCUT2D eigenvalue weighted by molar-refractivity contribution is 0.340. The van der Waals surface area contributed by atoms with E-state index in [4.69, 9.17) is 11.6 Å². The number of benzene rings is 2. The zero-order chi connectivity index (χ0) is 14.4. The van der Waals surface area contributed by atoms with Crippen molar-refractivity contribution in [1.82, 2.24) is 4.90 Å². The van der Waals surface area contributed by atoms with Gasteiger partial charge < -0.3 is 10.2 Å². The maximum atomic E-state index is 12.8. The lowest BCUT2D eigenvalue weighted by Gasteiger charge is -2.17. The molecule has 0 radical (unpaired) electrons. The smallest absolute Gasteiger partial charge is 0.123 e. The molecule has 0 saturated carbocycles. The van der Waals surface area contributed by atoms with Crippen molar-refractivity contribution in [2.75, 3.05) is 25.5 Å². The third kappa shape index (κ3) is 4.83. The van der Waals surface area contributed by atoms with Crippen molar-refractivity contribution in [3.05, 3.63) is 64.9 Å². The van der Waals surface area contributed by atoms with Crippen LogP contribution in [0.2, 0.25) is 5.02 Å². The fourth-order valence-electron chi connectivity index (χ4n) is 1.94. The van der Waals surface area contributed by atoms with Gasteiger partial charge in [-0.3, -0.25) is 0 Å². The molecule has 2 nitrogen and oxygen atoms in total. The first kappa shape index (κ1) is 14.8. The maximum absolute atomic E-state index is 12.8. The second-order valence-electron chi connectivity index (χ2n) is 4.80. The van der Waals surface area contributed by atoms with Crippen LogP contribution < -0.4 is 5.32 Å². The molecule has 2 aromatic rings. The molecule has 0 saturated heterocycles. The average molecular weight is 293 g/mol. The van der Waals surface area contributed by atoms with E-state index >= 15 is 0 Å². The van der Waals surface area contributed by atoms with Gasteiger partial charge >= 0.3 is 0 Å². The molecule has 0 fully saturated rings. The lowest BCUT2D eigenvalue weighted by Crippen LogP contribution is -2.24. The van der Waals surface area contributed by atoms with E-state index < -0.39 is 0 Å². The van der Waals surface area contributed by atoms with Crippen LogP contribution in [0.5, 0.6) is 0 Å². The van der Waals surface area contributed by atoms with Crippen LogP contribution in [0.25, 0.3) is 0 Å². The number of likely N-dealkylation sites (N-methyl/N-ethyl adjacent to an activating group) is 1. The summed E-state index contributed by atoms with van der Waals surface area (Å²) in [6, 6.07) is 14.3. The second-order valence-corrected chi connectivity index (χ2v) is 5.23. The molecule has 2 rings (SSSR count). The van der Waals surface area contributed by atoms with Crippen molar-refractivity contribution in [2.24, 2.45) is 0 Å². The zero-order valence-electron chi connectivity index (χ0n) is 11.4. The van der Waals surface area contributed by atoms with Crippen LogP contribution in [-0.2, 0) is 6.54 Å². The summed E-state index contributed by atoms with van der Waals surface area (Å²) in [7, 11) is 2.07. The van der Waals surface area contributed by atoms with Crippen molar-refractivity contribution in [3.63, 3.8) is 0 Å². The quantitative estimate of drug-likeness (QED) is 0.865. The van der Waals surface area contributed by atoms with Crippen LogP contribution in [0.1, 0.15) is 5.56 Å². The zero-order valence-corrected chi connectivity index (χ0v) is 12.2. The van der Waals surface area contributed by atoms with Gasteiger partial charge in [0.1, 0.15) is 5.82 Å². The summed E-state index contributed by atoms with van der Waals surface area (Å²) in [5.74, 6) is -0.213. The first-order chi connectivity index (χ1) is 9.63. The van der Waals surface area contributed by atoms with Crippen LogP contribution >= 0.6 is 11.6 Å². The molecule has 20 heavy (non-hydrogen) atoms. The number of nitrogens with zero attached hydrogens (tertiary/aromatic N) is 1. The predicted molar refractivity (Wildman–Crippen MR) is 82.7 cm³/mol. The van der Waals surface area contributed by atoms with E-state index in [9.17, 15) is 4.39 Å². The first-order valence-electron chi connectivity index (χ1n) is 6.56. The normalized spacial score (nSPS) is 10.8. The number of anilines is 1. The monoisotopic (exact) mass is 292 g/mol. The van der Waals surface area contributed by atoms with Crippen molar-refractivity contribution in [2.45, 2.75) is 6.54 Å². The van der Waals surface area contributed by atoms with Gasteiger partial charge in [0, 0.05) is 30.3 Å². The van der Waals surface area contributed by atoms with Crippen LogP contribution in [0, 0.1) is 5.82 Å². The van der Waals surface area contributed by atoms with Crippen LogP contribution in [-0.4, -0.2) is 25.0 Å². The molecule has 0 unspecified atom stereocenters. The number of rotatable bonds is 6. The van der Waals surface area contributed by atoms with Crippen molar-refractivity contribution < 1.29 is 4.39 Å². The van der Waals surface area contributed by atoms with Gasteiger partial charge in [-0.1, -0.05) is 23.7 Å². The van der Waals surface area contributed by atoms with E-state index in [1.54, 1.807) is 12.1 Å². The SMILES string of the molecule is CN(CCNc1ccc(F)cc1)Cc1ccc(Cl)cc1. The fraction of sp³-hybridized carbons (Fsp3) is 0.250. The molecule has 4 heteroatoms. The lowest BCUT2D eigenvalue weighted by atomic mass is 10.2. The summed E-state index contributed by atoms with van der Waals surface area (Å²) in [6.07, 6.45) is 0. The third-order valence-electron chi connectivity index (χ3n) is 3.03. The van der Waals surface area contributed by atoms with Crippen LogP contribution in [0.15, 0.2) is 48.5 Å². The molecule has 0 aliphatic rings. The largest absolute Gasteiger partial charge is 0.384 e. The number of hydrogen-bond donors (Lipinski definition) is 1. The molecule has 106 valence electrons. The molecular weight excluding hydrogens is 275 g/mol. The summed E-state index contributed by atoms with van der Waals surface area (Å²) in [4.78, 5) is 2.22. The van der Waals surface area contributed by atoms with Gasteiger partial charge in [-0.25, -0.2) is 4.39 Å². The predicted octanol–water partition coefficient (Wildman–Crippen LogP) is 4.02. The second kappa shape index (κ2) is 7.27. The van der Waals surface area contributed by atoms with E-state index in [1.165, 1.54) is 17.7 Å². The summed E-state index contributed by atoms with van der Waals surface area (Å²) < 4.78 is 12.8. The van der Waals surface area contributed by atoms with Crippen molar-refractivity contribution in [1.29, 1.82) is 0 Å². The highest BCUT2D eigenvalue weighted by atomic mass is 35.5. The molecule has 0 aliphatic heterocycles. The highest BCUT2D eigenvalue weighted by Gasteiger charge is 2.00. The van der Waals surface area contributed by atoms with E-state index in [1.807, 2.05) is 24.3 Å². The molecule has 0 atom stereocenters. The minimum atomic E-state index is -0.213. The molecule has 1 N–H and O–H groups in total. The highest BCUT2D eigenvalue weighted by molar-refractivity contribution is 6.30. The Kier molecular flexibility index (Phi) is 5.39. The first-order valence-corrected chi connectivity index (χ1v) is 6.94. The molecule has 0 amide bonds. The minimum absolute atomic E-state index is 0.213. The van der Waals surface area contributed by atoms with Gasteiger partial charge in [0.15, 0.2) is 0 Å². The van der Waals surface area contributed by atoms with Gasteiger partial charge in [0.25, 0.3) is 0 Å². The van der Waals surface area contributed by atoms with E-state index in [-0.39, 0.29) is 5.82 Å². The van der Waals surface area contributed by atoms with Crippen LogP contribution in [0.3, 0.4) is 0 Å². The molecule has 0 spiro atoms. The Morgan fingerprint density at radius 3 is 2.35 bits per heavy atom. The van der Waals surface area contributed by atoms with Gasteiger partial charge in [-0.2, -0.15) is 0 Å². The summed E-state index contributed by atoms with van der Waals surface area (Å²) in [5, 5.41) is 4.03. The van der Waals surface area contributed by atoms with Crippen molar-refractivity contribution in [3.8, 4) is 0 Å². The Bertz CT molecular complexity index is 525. The van der Waals surface area contributed by atoms with Gasteiger partial charge in [0.05, 0.1) is 0 Å². The number of halogens is 2. The van der Waals surface area contributed by atoms with E-state index in [2.05, 4.69) is 17.3 Å². The summed E-state index contributed by atoms with van der Waals surface area (Å²) in [6.45, 7) is 2.60. The van der Waals surface area contributed by atoms with Crippen LogP contribution in [0.4, 0.5) is 10.1 Å². The summed E-state index contributed by atoms with van der Waals surface area (Å²) in [5.41, 5.74) is 2.17. The van der Waals surface area contributed by atoms with Gasteiger partial charge in [0.2, 0.25) is 0 Å². The standard InChI is InChI=1S/C16H18ClFN2/c1-20(12-13-2-4-14(17)5-3-13)11-10-19-16-8-6-15(18)7-9-16/h2-9,19H,10-12H2,1H3. The Labute approximate surface area is 124 Å².